The van der Waals surface area contributed by atoms with Crippen LogP contribution in [0, 0.1) is 5.92 Å². The number of hydrogen-bond acceptors (Lipinski definition) is 5. The molecule has 2 heterocycles. The summed E-state index contributed by atoms with van der Waals surface area (Å²) < 4.78 is 0. The fourth-order valence-electron chi connectivity index (χ4n) is 2.89. The average molecular weight is 289 g/mol. The largest absolute Gasteiger partial charge is 0.354 e. The fourth-order valence-corrected chi connectivity index (χ4v) is 2.89. The highest BCUT2D eigenvalue weighted by Gasteiger charge is 2.32. The van der Waals surface area contributed by atoms with Crippen LogP contribution < -0.4 is 15.5 Å². The summed E-state index contributed by atoms with van der Waals surface area (Å²) in [7, 11) is 1.60. The number of carbonyl (C=O) groups is 1. The summed E-state index contributed by atoms with van der Waals surface area (Å²) in [5.74, 6) is 1.45. The summed E-state index contributed by atoms with van der Waals surface area (Å²) in [4.78, 5) is 13.9. The van der Waals surface area contributed by atoms with Crippen LogP contribution >= 0.6 is 0 Å². The predicted octanol–water partition coefficient (Wildman–Crippen LogP) is 0.805. The van der Waals surface area contributed by atoms with E-state index in [1.54, 1.807) is 13.1 Å². The van der Waals surface area contributed by atoms with Crippen molar-refractivity contribution in [3.05, 3.63) is 17.8 Å². The van der Waals surface area contributed by atoms with Crippen molar-refractivity contribution in [2.45, 2.75) is 31.7 Å². The van der Waals surface area contributed by atoms with Crippen molar-refractivity contribution in [2.75, 3.05) is 31.6 Å². The van der Waals surface area contributed by atoms with E-state index in [1.165, 1.54) is 25.7 Å². The molecule has 114 valence electrons. The van der Waals surface area contributed by atoms with Crippen molar-refractivity contribution in [1.29, 1.82) is 0 Å². The summed E-state index contributed by atoms with van der Waals surface area (Å²) in [5, 5.41) is 14.3. The van der Waals surface area contributed by atoms with Gasteiger partial charge in [0, 0.05) is 19.6 Å². The molecule has 1 aliphatic heterocycles. The summed E-state index contributed by atoms with van der Waals surface area (Å²) in [6, 6.07) is 4.30. The molecule has 0 bridgehead atoms. The minimum atomic E-state index is -0.189. The Hall–Kier alpha value is -1.69. The molecule has 2 aliphatic rings. The number of nitrogens with zero attached hydrogens (tertiary/aromatic N) is 3. The molecule has 1 aromatic heterocycles. The molecule has 0 radical (unpaired) electrons. The van der Waals surface area contributed by atoms with E-state index in [1.807, 2.05) is 6.07 Å². The van der Waals surface area contributed by atoms with Gasteiger partial charge in [-0.3, -0.25) is 4.79 Å². The average Bonchev–Trinajstić information content (AvgIpc) is 3.38. The van der Waals surface area contributed by atoms with Gasteiger partial charge in [0.05, 0.1) is 0 Å². The first-order chi connectivity index (χ1) is 10.3. The second-order valence-corrected chi connectivity index (χ2v) is 5.93. The highest BCUT2D eigenvalue weighted by Crippen LogP contribution is 2.32. The Kier molecular flexibility index (Phi) is 4.34. The zero-order valence-corrected chi connectivity index (χ0v) is 12.5. The van der Waals surface area contributed by atoms with Gasteiger partial charge >= 0.3 is 0 Å². The van der Waals surface area contributed by atoms with Crippen molar-refractivity contribution in [3.8, 4) is 0 Å². The van der Waals surface area contributed by atoms with Gasteiger partial charge in [-0.25, -0.2) is 0 Å². The highest BCUT2D eigenvalue weighted by molar-refractivity contribution is 5.91. The maximum absolute atomic E-state index is 11.5. The number of aromatic nitrogens is 2. The van der Waals surface area contributed by atoms with E-state index in [0.29, 0.717) is 11.7 Å². The van der Waals surface area contributed by atoms with Crippen molar-refractivity contribution < 1.29 is 4.79 Å². The molecule has 0 spiro atoms. The summed E-state index contributed by atoms with van der Waals surface area (Å²) in [5.41, 5.74) is 0.374. The minimum Gasteiger partial charge on any atom is -0.354 e. The molecule has 0 atom stereocenters. The summed E-state index contributed by atoms with van der Waals surface area (Å²) in [6.07, 6.45) is 4.94. The Morgan fingerprint density at radius 1 is 1.29 bits per heavy atom. The van der Waals surface area contributed by atoms with E-state index in [9.17, 15) is 4.79 Å². The van der Waals surface area contributed by atoms with Gasteiger partial charge in [-0.1, -0.05) is 0 Å². The predicted molar refractivity (Wildman–Crippen MR) is 81.4 cm³/mol. The van der Waals surface area contributed by atoms with Gasteiger partial charge < -0.3 is 15.5 Å². The topological polar surface area (TPSA) is 70.2 Å². The molecule has 6 nitrogen and oxygen atoms in total. The maximum Gasteiger partial charge on any atom is 0.271 e. The first-order valence-electron chi connectivity index (χ1n) is 7.81. The molecule has 21 heavy (non-hydrogen) atoms. The van der Waals surface area contributed by atoms with E-state index in [2.05, 4.69) is 25.7 Å². The molecule has 0 unspecified atom stereocenters. The van der Waals surface area contributed by atoms with Crippen LogP contribution in [0.2, 0.25) is 0 Å². The maximum atomic E-state index is 11.5. The van der Waals surface area contributed by atoms with E-state index < -0.39 is 0 Å². The first kappa shape index (κ1) is 14.3. The zero-order chi connectivity index (χ0) is 14.7. The van der Waals surface area contributed by atoms with E-state index >= 15 is 0 Å². The Morgan fingerprint density at radius 3 is 2.62 bits per heavy atom. The molecule has 1 saturated carbocycles. The second kappa shape index (κ2) is 6.39. The van der Waals surface area contributed by atoms with Crippen molar-refractivity contribution in [2.24, 2.45) is 5.92 Å². The number of piperidine rings is 1. The Labute approximate surface area is 125 Å². The minimum absolute atomic E-state index is 0.189. The normalized spacial score (nSPS) is 19.3. The lowest BCUT2D eigenvalue weighted by atomic mass is 9.97. The van der Waals surface area contributed by atoms with Gasteiger partial charge in [-0.15, -0.1) is 10.2 Å². The van der Waals surface area contributed by atoms with Crippen LogP contribution in [-0.4, -0.2) is 48.8 Å². The first-order valence-corrected chi connectivity index (χ1v) is 7.81. The number of rotatable bonds is 5. The SMILES string of the molecule is CNC(=O)c1ccc(N(CC2CCNCC2)C2CC2)nn1. The lowest BCUT2D eigenvalue weighted by molar-refractivity contribution is 0.0957. The Balaban J connectivity index is 1.69. The number of hydrogen-bond donors (Lipinski definition) is 2. The van der Waals surface area contributed by atoms with Crippen LogP contribution in [0.1, 0.15) is 36.2 Å². The van der Waals surface area contributed by atoms with Crippen molar-refractivity contribution >= 4 is 11.7 Å². The van der Waals surface area contributed by atoms with Gasteiger partial charge in [-0.05, 0) is 56.8 Å². The third-order valence-corrected chi connectivity index (χ3v) is 4.31. The fraction of sp³-hybridized carbons (Fsp3) is 0.667. The van der Waals surface area contributed by atoms with Crippen molar-refractivity contribution in [1.82, 2.24) is 20.8 Å². The van der Waals surface area contributed by atoms with Crippen LogP contribution in [0.15, 0.2) is 12.1 Å². The number of carbonyl (C=O) groups excluding carboxylic acids is 1. The van der Waals surface area contributed by atoms with E-state index in [0.717, 1.165) is 31.4 Å². The van der Waals surface area contributed by atoms with Gasteiger partial charge in [0.2, 0.25) is 0 Å². The number of nitrogens with one attached hydrogen (secondary N) is 2. The Bertz CT molecular complexity index is 479. The standard InChI is InChI=1S/C15H23N5O/c1-16-15(21)13-4-5-14(19-18-13)20(12-2-3-12)10-11-6-8-17-9-7-11/h4-5,11-12,17H,2-3,6-10H2,1H3,(H,16,21). The van der Waals surface area contributed by atoms with Gasteiger partial charge in [0.25, 0.3) is 5.91 Å². The molecule has 0 aromatic carbocycles. The number of amides is 1. The summed E-state index contributed by atoms with van der Waals surface area (Å²) in [6.45, 7) is 3.29. The lowest BCUT2D eigenvalue weighted by Crippen LogP contribution is -2.38. The lowest BCUT2D eigenvalue weighted by Gasteiger charge is -2.30. The molecule has 1 amide bonds. The third-order valence-electron chi connectivity index (χ3n) is 4.31. The molecule has 6 heteroatoms. The zero-order valence-electron chi connectivity index (χ0n) is 12.5. The van der Waals surface area contributed by atoms with Crippen molar-refractivity contribution in [3.63, 3.8) is 0 Å². The van der Waals surface area contributed by atoms with Crippen LogP contribution in [0.3, 0.4) is 0 Å². The summed E-state index contributed by atoms with van der Waals surface area (Å²) >= 11 is 0. The van der Waals surface area contributed by atoms with Gasteiger partial charge in [0.15, 0.2) is 11.5 Å². The van der Waals surface area contributed by atoms with E-state index in [-0.39, 0.29) is 5.91 Å². The molecular weight excluding hydrogens is 266 g/mol. The molecule has 1 aromatic rings. The monoisotopic (exact) mass is 289 g/mol. The van der Waals surface area contributed by atoms with Gasteiger partial charge in [0.1, 0.15) is 0 Å². The second-order valence-electron chi connectivity index (χ2n) is 5.93. The molecular formula is C15H23N5O. The smallest absolute Gasteiger partial charge is 0.271 e. The van der Waals surface area contributed by atoms with Gasteiger partial charge in [-0.2, -0.15) is 0 Å². The molecule has 2 fully saturated rings. The molecule has 1 saturated heterocycles. The van der Waals surface area contributed by atoms with E-state index in [4.69, 9.17) is 0 Å². The van der Waals surface area contributed by atoms with Crippen LogP contribution in [0.25, 0.3) is 0 Å². The quantitative estimate of drug-likeness (QED) is 0.839. The third kappa shape index (κ3) is 3.50. The highest BCUT2D eigenvalue weighted by atomic mass is 16.1. The Morgan fingerprint density at radius 2 is 2.05 bits per heavy atom. The molecule has 3 rings (SSSR count). The van der Waals surface area contributed by atoms with Crippen LogP contribution in [-0.2, 0) is 0 Å². The number of anilines is 1. The van der Waals surface area contributed by atoms with Crippen LogP contribution in [0.5, 0.6) is 0 Å². The molecule has 2 N–H and O–H groups in total. The van der Waals surface area contributed by atoms with Crippen LogP contribution in [0.4, 0.5) is 5.82 Å². The molecule has 1 aliphatic carbocycles.